The second-order valence-electron chi connectivity index (χ2n) is 3.54. The van der Waals surface area contributed by atoms with Gasteiger partial charge in [0.2, 0.25) is 0 Å². The van der Waals surface area contributed by atoms with Crippen LogP contribution in [0, 0.1) is 0 Å². The Bertz CT molecular complexity index is 454. The fraction of sp³-hybridized carbons (Fsp3) is 0.200. The summed E-state index contributed by atoms with van der Waals surface area (Å²) < 4.78 is 0. The number of anilines is 1. The molecule has 0 fully saturated rings. The molecule has 78 valence electrons. The third kappa shape index (κ3) is 1.20. The Hall–Kier alpha value is -1.88. The summed E-state index contributed by atoms with van der Waals surface area (Å²) in [7, 11) is 3.27. The molecule has 1 aromatic carbocycles. The number of carbonyl (C=O) groups is 2. The lowest BCUT2D eigenvalue weighted by Gasteiger charge is -2.20. The lowest BCUT2D eigenvalue weighted by molar-refractivity contribution is 0.0234. The molecule has 0 bridgehead atoms. The van der Waals surface area contributed by atoms with Crippen LogP contribution in [-0.4, -0.2) is 35.9 Å². The van der Waals surface area contributed by atoms with Crippen molar-refractivity contribution in [3.8, 4) is 0 Å². The first-order valence-corrected chi connectivity index (χ1v) is 4.48. The number of hydrogen-bond donors (Lipinski definition) is 1. The molecule has 2 N–H and O–H groups in total. The van der Waals surface area contributed by atoms with Crippen molar-refractivity contribution in [1.29, 1.82) is 0 Å². The smallest absolute Gasteiger partial charge is 0.278 e. The Morgan fingerprint density at radius 1 is 1.20 bits per heavy atom. The largest absolute Gasteiger partial charge is 0.398 e. The van der Waals surface area contributed by atoms with Gasteiger partial charge in [-0.25, -0.2) is 10.0 Å². The Kier molecular flexibility index (Phi) is 1.97. The van der Waals surface area contributed by atoms with Crippen molar-refractivity contribution in [2.75, 3.05) is 19.8 Å². The molecule has 0 unspecified atom stereocenters. The molecule has 0 saturated carbocycles. The average Bonchev–Trinajstić information content (AvgIpc) is 2.40. The number of carbonyl (C=O) groups excluding carboxylic acids is 2. The highest BCUT2D eigenvalue weighted by Crippen LogP contribution is 2.27. The van der Waals surface area contributed by atoms with E-state index in [1.165, 1.54) is 5.01 Å². The molecule has 1 heterocycles. The monoisotopic (exact) mass is 205 g/mol. The standard InChI is InChI=1S/C10H11N3O2/c1-12(2)13-9(14)6-4-3-5-7(11)8(6)10(13)15/h3-5H,11H2,1-2H3. The van der Waals surface area contributed by atoms with Crippen LogP contribution in [0.25, 0.3) is 0 Å². The van der Waals surface area contributed by atoms with Crippen molar-refractivity contribution in [3.63, 3.8) is 0 Å². The maximum absolute atomic E-state index is 11.9. The summed E-state index contributed by atoms with van der Waals surface area (Å²) in [5.74, 6) is -0.689. The number of benzene rings is 1. The van der Waals surface area contributed by atoms with E-state index in [2.05, 4.69) is 0 Å². The first kappa shape index (κ1) is 9.67. The lowest BCUT2D eigenvalue weighted by Crippen LogP contribution is -2.41. The van der Waals surface area contributed by atoms with Gasteiger partial charge in [-0.15, -0.1) is 0 Å². The number of nitrogens with zero attached hydrogens (tertiary/aromatic N) is 2. The molecule has 5 heteroatoms. The van der Waals surface area contributed by atoms with Crippen molar-refractivity contribution in [2.45, 2.75) is 0 Å². The van der Waals surface area contributed by atoms with Crippen molar-refractivity contribution in [1.82, 2.24) is 10.0 Å². The number of fused-ring (bicyclic) bond motifs is 1. The minimum Gasteiger partial charge on any atom is -0.398 e. The Balaban J connectivity index is 2.61. The minimum atomic E-state index is -0.363. The SMILES string of the molecule is CN(C)N1C(=O)c2cccc(N)c2C1=O. The first-order valence-electron chi connectivity index (χ1n) is 4.48. The van der Waals surface area contributed by atoms with E-state index >= 15 is 0 Å². The van der Waals surface area contributed by atoms with Crippen LogP contribution < -0.4 is 5.73 Å². The van der Waals surface area contributed by atoms with Crippen LogP contribution in [0.4, 0.5) is 5.69 Å². The zero-order valence-electron chi connectivity index (χ0n) is 8.52. The van der Waals surface area contributed by atoms with Gasteiger partial charge in [-0.1, -0.05) is 6.07 Å². The van der Waals surface area contributed by atoms with Crippen molar-refractivity contribution < 1.29 is 9.59 Å². The molecule has 15 heavy (non-hydrogen) atoms. The number of amides is 2. The van der Waals surface area contributed by atoms with Crippen molar-refractivity contribution in [2.24, 2.45) is 0 Å². The van der Waals surface area contributed by atoms with E-state index < -0.39 is 0 Å². The maximum Gasteiger partial charge on any atom is 0.278 e. The summed E-state index contributed by atoms with van der Waals surface area (Å²) in [6, 6.07) is 4.89. The number of hydrogen-bond acceptors (Lipinski definition) is 4. The summed E-state index contributed by atoms with van der Waals surface area (Å²) in [6.07, 6.45) is 0. The predicted molar refractivity (Wildman–Crippen MR) is 55.0 cm³/mol. The molecular formula is C10H11N3O2. The summed E-state index contributed by atoms with van der Waals surface area (Å²) in [5.41, 5.74) is 6.68. The number of hydrazine groups is 1. The molecule has 0 aromatic heterocycles. The van der Waals surface area contributed by atoms with Crippen LogP contribution in [0.3, 0.4) is 0 Å². The van der Waals surface area contributed by atoms with Gasteiger partial charge >= 0.3 is 0 Å². The topological polar surface area (TPSA) is 66.6 Å². The minimum absolute atomic E-state index is 0.302. The zero-order valence-corrected chi connectivity index (χ0v) is 8.52. The predicted octanol–water partition coefficient (Wildman–Crippen LogP) is 0.341. The number of rotatable bonds is 1. The van der Waals surface area contributed by atoms with Gasteiger partial charge in [0.05, 0.1) is 11.1 Å². The number of nitrogens with two attached hydrogens (primary N) is 1. The highest BCUT2D eigenvalue weighted by molar-refractivity contribution is 6.23. The Morgan fingerprint density at radius 2 is 1.87 bits per heavy atom. The van der Waals surface area contributed by atoms with Gasteiger partial charge in [-0.3, -0.25) is 9.59 Å². The highest BCUT2D eigenvalue weighted by atomic mass is 16.2. The number of imide groups is 1. The molecule has 0 saturated heterocycles. The molecule has 1 aliphatic heterocycles. The van der Waals surface area contributed by atoms with Gasteiger partial charge in [0.1, 0.15) is 0 Å². The van der Waals surface area contributed by atoms with E-state index in [-0.39, 0.29) is 11.8 Å². The van der Waals surface area contributed by atoms with Gasteiger partial charge in [-0.2, -0.15) is 0 Å². The van der Waals surface area contributed by atoms with Gasteiger partial charge in [0.15, 0.2) is 0 Å². The fourth-order valence-corrected chi connectivity index (χ4v) is 1.66. The van der Waals surface area contributed by atoms with Crippen molar-refractivity contribution >= 4 is 17.5 Å². The quantitative estimate of drug-likeness (QED) is 0.530. The molecule has 0 atom stereocenters. The van der Waals surface area contributed by atoms with Crippen LogP contribution in [0.5, 0.6) is 0 Å². The van der Waals surface area contributed by atoms with Crippen LogP contribution in [0.1, 0.15) is 20.7 Å². The average molecular weight is 205 g/mol. The number of nitrogen functional groups attached to an aromatic ring is 1. The molecule has 0 spiro atoms. The molecule has 1 aromatic rings. The third-order valence-electron chi connectivity index (χ3n) is 2.33. The van der Waals surface area contributed by atoms with Gasteiger partial charge in [-0.05, 0) is 12.1 Å². The second kappa shape index (κ2) is 3.06. The van der Waals surface area contributed by atoms with E-state index in [4.69, 9.17) is 5.73 Å². The Labute approximate surface area is 87.0 Å². The van der Waals surface area contributed by atoms with E-state index in [0.717, 1.165) is 5.01 Å². The summed E-state index contributed by atoms with van der Waals surface area (Å²) in [6.45, 7) is 0. The molecule has 2 amide bonds. The van der Waals surface area contributed by atoms with E-state index in [0.29, 0.717) is 16.8 Å². The van der Waals surface area contributed by atoms with Gasteiger partial charge < -0.3 is 5.73 Å². The van der Waals surface area contributed by atoms with Gasteiger partial charge in [0, 0.05) is 19.8 Å². The zero-order chi connectivity index (χ0) is 11.2. The normalized spacial score (nSPS) is 15.0. The maximum atomic E-state index is 11.9. The summed E-state index contributed by atoms with van der Waals surface area (Å²) in [4.78, 5) is 23.7. The van der Waals surface area contributed by atoms with E-state index in [9.17, 15) is 9.59 Å². The van der Waals surface area contributed by atoms with Crippen LogP contribution in [0.15, 0.2) is 18.2 Å². The fourth-order valence-electron chi connectivity index (χ4n) is 1.66. The van der Waals surface area contributed by atoms with E-state index in [1.807, 2.05) is 0 Å². The molecular weight excluding hydrogens is 194 g/mol. The molecule has 0 aliphatic carbocycles. The summed E-state index contributed by atoms with van der Waals surface area (Å²) in [5, 5.41) is 2.52. The summed E-state index contributed by atoms with van der Waals surface area (Å²) >= 11 is 0. The first-order chi connectivity index (χ1) is 7.04. The van der Waals surface area contributed by atoms with Crippen LogP contribution in [-0.2, 0) is 0 Å². The second-order valence-corrected chi connectivity index (χ2v) is 3.54. The molecule has 0 radical (unpaired) electrons. The third-order valence-corrected chi connectivity index (χ3v) is 2.33. The Morgan fingerprint density at radius 3 is 2.40 bits per heavy atom. The van der Waals surface area contributed by atoms with Crippen molar-refractivity contribution in [3.05, 3.63) is 29.3 Å². The molecule has 2 rings (SSSR count). The van der Waals surface area contributed by atoms with E-state index in [1.54, 1.807) is 32.3 Å². The van der Waals surface area contributed by atoms with Crippen LogP contribution >= 0.6 is 0 Å². The molecule has 5 nitrogen and oxygen atoms in total. The van der Waals surface area contributed by atoms with Crippen LogP contribution in [0.2, 0.25) is 0 Å². The highest BCUT2D eigenvalue weighted by Gasteiger charge is 2.38. The molecule has 1 aliphatic rings. The lowest BCUT2D eigenvalue weighted by atomic mass is 10.1. The van der Waals surface area contributed by atoms with Gasteiger partial charge in [0.25, 0.3) is 11.8 Å².